The second-order valence-electron chi connectivity index (χ2n) is 7.06. The van der Waals surface area contributed by atoms with Gasteiger partial charge in [-0.2, -0.15) is 0 Å². The number of rotatable bonds is 6. The minimum Gasteiger partial charge on any atom is -0.493 e. The summed E-state index contributed by atoms with van der Waals surface area (Å²) >= 11 is 0. The molecular weight excluding hydrogens is 348 g/mol. The van der Waals surface area contributed by atoms with Crippen molar-refractivity contribution in [3.05, 3.63) is 29.8 Å². The lowest BCUT2D eigenvalue weighted by atomic mass is 9.96. The van der Waals surface area contributed by atoms with Crippen molar-refractivity contribution in [2.45, 2.75) is 44.9 Å². The Morgan fingerprint density at radius 3 is 2.59 bits per heavy atom. The van der Waals surface area contributed by atoms with E-state index in [1.165, 1.54) is 4.90 Å². The van der Waals surface area contributed by atoms with Gasteiger partial charge in [0.05, 0.1) is 18.8 Å². The molecule has 2 aliphatic rings. The van der Waals surface area contributed by atoms with Crippen molar-refractivity contribution in [2.24, 2.45) is 0 Å². The van der Waals surface area contributed by atoms with E-state index >= 15 is 0 Å². The normalized spacial score (nSPS) is 22.1. The van der Waals surface area contributed by atoms with Crippen LogP contribution < -0.4 is 4.74 Å². The van der Waals surface area contributed by atoms with Crippen molar-refractivity contribution in [2.75, 3.05) is 32.8 Å². The van der Waals surface area contributed by atoms with E-state index in [-0.39, 0.29) is 12.5 Å². The van der Waals surface area contributed by atoms with Gasteiger partial charge in [0.1, 0.15) is 11.5 Å². The summed E-state index contributed by atoms with van der Waals surface area (Å²) in [7, 11) is 0. The van der Waals surface area contributed by atoms with Gasteiger partial charge < -0.3 is 19.5 Å². The fraction of sp³-hybridized carbons (Fsp3) is 0.600. The van der Waals surface area contributed by atoms with Gasteiger partial charge in [-0.15, -0.1) is 0 Å². The van der Waals surface area contributed by atoms with Gasteiger partial charge in [0, 0.05) is 25.9 Å². The fourth-order valence-corrected chi connectivity index (χ4v) is 4.05. The molecule has 3 rings (SSSR count). The van der Waals surface area contributed by atoms with Crippen molar-refractivity contribution in [3.8, 4) is 5.75 Å². The van der Waals surface area contributed by atoms with Crippen LogP contribution in [0, 0.1) is 0 Å². The summed E-state index contributed by atoms with van der Waals surface area (Å²) in [4.78, 5) is 29.1. The Bertz CT molecular complexity index is 685. The van der Waals surface area contributed by atoms with Crippen molar-refractivity contribution >= 4 is 11.9 Å². The number of benzene rings is 1. The highest BCUT2D eigenvalue weighted by Crippen LogP contribution is 2.39. The lowest BCUT2D eigenvalue weighted by Crippen LogP contribution is -2.58. The number of carboxylic acids is 1. The number of nitrogens with zero attached hydrogens (tertiary/aromatic N) is 2. The largest absolute Gasteiger partial charge is 0.493 e. The molecule has 2 aliphatic heterocycles. The van der Waals surface area contributed by atoms with Crippen LogP contribution in [0.1, 0.15) is 43.5 Å². The molecule has 0 aliphatic carbocycles. The Morgan fingerprint density at radius 2 is 1.96 bits per heavy atom. The van der Waals surface area contributed by atoms with Gasteiger partial charge in [0.2, 0.25) is 0 Å². The molecule has 0 radical (unpaired) electrons. The van der Waals surface area contributed by atoms with E-state index in [4.69, 9.17) is 9.47 Å². The molecule has 1 amide bonds. The highest BCUT2D eigenvalue weighted by Gasteiger charge is 2.54. The Labute approximate surface area is 159 Å². The number of likely N-dealkylation sites (tertiary alicyclic amines) is 1. The maximum Gasteiger partial charge on any atom is 0.328 e. The first-order valence-electron chi connectivity index (χ1n) is 9.67. The topological polar surface area (TPSA) is 79.3 Å². The number of hydrogen-bond donors (Lipinski definition) is 1. The summed E-state index contributed by atoms with van der Waals surface area (Å²) in [6, 6.07) is 6.00. The number of aliphatic carboxylic acids is 1. The Morgan fingerprint density at radius 1 is 1.26 bits per heavy atom. The van der Waals surface area contributed by atoms with Gasteiger partial charge in [-0.25, -0.2) is 4.79 Å². The number of hydrogen-bond acceptors (Lipinski definition) is 5. The van der Waals surface area contributed by atoms with Crippen LogP contribution in [0.2, 0.25) is 0 Å². The molecule has 1 spiro atoms. The molecular formula is C20H28N2O5. The van der Waals surface area contributed by atoms with Crippen LogP contribution in [0.15, 0.2) is 24.3 Å². The number of ether oxygens (including phenoxy) is 2. The maximum absolute atomic E-state index is 13.4. The first-order chi connectivity index (χ1) is 13.0. The number of carbonyl (C=O) groups excluding carboxylic acids is 1. The predicted octanol–water partition coefficient (Wildman–Crippen LogP) is 2.21. The molecule has 1 atom stereocenters. The number of amides is 1. The van der Waals surface area contributed by atoms with Crippen molar-refractivity contribution in [1.82, 2.24) is 9.80 Å². The third-order valence-electron chi connectivity index (χ3n) is 5.36. The molecule has 2 fully saturated rings. The average Bonchev–Trinajstić information content (AvgIpc) is 3.03. The van der Waals surface area contributed by atoms with E-state index in [0.29, 0.717) is 30.8 Å². The molecule has 0 aromatic heterocycles. The fourth-order valence-electron chi connectivity index (χ4n) is 4.05. The standard InChI is InChI=1S/C20H28N2O5/c1-3-11-21-12-9-20(10-13-21)22(16(14-27-20)19(24)25)18(23)15-7-5-6-8-17(15)26-4-2/h5-8,16H,3-4,9-14H2,1-2H3,(H,24,25). The molecule has 2 saturated heterocycles. The second kappa shape index (κ2) is 8.27. The molecule has 7 nitrogen and oxygen atoms in total. The molecule has 0 bridgehead atoms. The third kappa shape index (κ3) is 3.80. The maximum atomic E-state index is 13.4. The van der Waals surface area contributed by atoms with E-state index in [2.05, 4.69) is 11.8 Å². The number of para-hydroxylation sites is 1. The number of carboxylic acid groups (broad SMARTS) is 1. The van der Waals surface area contributed by atoms with E-state index < -0.39 is 17.7 Å². The van der Waals surface area contributed by atoms with Gasteiger partial charge in [0.15, 0.2) is 6.04 Å². The van der Waals surface area contributed by atoms with Crippen LogP contribution in [-0.2, 0) is 9.53 Å². The van der Waals surface area contributed by atoms with Gasteiger partial charge >= 0.3 is 5.97 Å². The summed E-state index contributed by atoms with van der Waals surface area (Å²) in [5.74, 6) is -0.905. The monoisotopic (exact) mass is 376 g/mol. The van der Waals surface area contributed by atoms with E-state index in [0.717, 1.165) is 26.1 Å². The molecule has 1 N–H and O–H groups in total. The summed E-state index contributed by atoms with van der Waals surface area (Å²) in [6.07, 6.45) is 2.29. The lowest BCUT2D eigenvalue weighted by molar-refractivity contribution is -0.143. The van der Waals surface area contributed by atoms with Gasteiger partial charge in [-0.1, -0.05) is 19.1 Å². The summed E-state index contributed by atoms with van der Waals surface area (Å²) in [5, 5.41) is 9.69. The van der Waals surface area contributed by atoms with Gasteiger partial charge in [-0.3, -0.25) is 9.69 Å². The SMILES string of the molecule is CCCN1CCC2(CC1)OCC(C(=O)O)N2C(=O)c1ccccc1OCC. The van der Waals surface area contributed by atoms with Crippen LogP contribution in [0.5, 0.6) is 5.75 Å². The molecule has 1 aromatic carbocycles. The average molecular weight is 376 g/mol. The quantitative estimate of drug-likeness (QED) is 0.820. The Balaban J connectivity index is 1.91. The van der Waals surface area contributed by atoms with Crippen LogP contribution in [0.3, 0.4) is 0 Å². The van der Waals surface area contributed by atoms with Crippen LogP contribution in [0.4, 0.5) is 0 Å². The van der Waals surface area contributed by atoms with Crippen LogP contribution >= 0.6 is 0 Å². The second-order valence-corrected chi connectivity index (χ2v) is 7.06. The summed E-state index contributed by atoms with van der Waals surface area (Å²) < 4.78 is 11.6. The predicted molar refractivity (Wildman–Crippen MR) is 99.9 cm³/mol. The molecule has 7 heteroatoms. The highest BCUT2D eigenvalue weighted by atomic mass is 16.5. The van der Waals surface area contributed by atoms with Crippen LogP contribution in [0.25, 0.3) is 0 Å². The minimum absolute atomic E-state index is 0.0195. The van der Waals surface area contributed by atoms with E-state index in [9.17, 15) is 14.7 Å². The molecule has 1 aromatic rings. The number of carbonyl (C=O) groups is 2. The summed E-state index contributed by atoms with van der Waals surface area (Å²) in [6.45, 7) is 7.02. The van der Waals surface area contributed by atoms with Crippen LogP contribution in [-0.4, -0.2) is 71.4 Å². The third-order valence-corrected chi connectivity index (χ3v) is 5.36. The Kier molecular flexibility index (Phi) is 6.01. The van der Waals surface area contributed by atoms with Crippen molar-refractivity contribution < 1.29 is 24.2 Å². The zero-order valence-corrected chi connectivity index (χ0v) is 16.0. The molecule has 0 saturated carbocycles. The smallest absolute Gasteiger partial charge is 0.328 e. The summed E-state index contributed by atoms with van der Waals surface area (Å²) in [5.41, 5.74) is -0.476. The van der Waals surface area contributed by atoms with Gasteiger partial charge in [0.25, 0.3) is 5.91 Å². The van der Waals surface area contributed by atoms with E-state index in [1.807, 2.05) is 6.92 Å². The molecule has 27 heavy (non-hydrogen) atoms. The first kappa shape index (κ1) is 19.6. The zero-order valence-electron chi connectivity index (χ0n) is 16.0. The molecule has 148 valence electrons. The van der Waals surface area contributed by atoms with Crippen molar-refractivity contribution in [1.29, 1.82) is 0 Å². The molecule has 1 unspecified atom stereocenters. The number of piperidine rings is 1. The first-order valence-corrected chi connectivity index (χ1v) is 9.67. The lowest BCUT2D eigenvalue weighted by Gasteiger charge is -2.44. The Hall–Kier alpha value is -2.12. The van der Waals surface area contributed by atoms with E-state index in [1.54, 1.807) is 24.3 Å². The minimum atomic E-state index is -1.04. The highest BCUT2D eigenvalue weighted by molar-refractivity contribution is 5.99. The van der Waals surface area contributed by atoms with Gasteiger partial charge in [-0.05, 0) is 32.0 Å². The zero-order chi connectivity index (χ0) is 19.4. The van der Waals surface area contributed by atoms with Crippen molar-refractivity contribution in [3.63, 3.8) is 0 Å². The molecule has 2 heterocycles.